The fourth-order valence-corrected chi connectivity index (χ4v) is 3.18. The van der Waals surface area contributed by atoms with Gasteiger partial charge in [-0.25, -0.2) is 0 Å². The van der Waals surface area contributed by atoms with Crippen LogP contribution in [0.5, 0.6) is 0 Å². The second kappa shape index (κ2) is 6.58. The maximum atomic E-state index is 3.48. The van der Waals surface area contributed by atoms with Crippen LogP contribution in [0, 0.1) is 0 Å². The van der Waals surface area contributed by atoms with E-state index in [1.165, 1.54) is 19.3 Å². The van der Waals surface area contributed by atoms with Gasteiger partial charge in [0.2, 0.25) is 0 Å². The highest BCUT2D eigenvalue weighted by Crippen LogP contribution is 2.25. The molecule has 1 fully saturated rings. The molecule has 0 aliphatic heterocycles. The Morgan fingerprint density at radius 1 is 1.31 bits per heavy atom. The van der Waals surface area contributed by atoms with E-state index in [9.17, 15) is 0 Å². The molecule has 1 rings (SSSR count). The van der Waals surface area contributed by atoms with Crippen molar-refractivity contribution in [3.05, 3.63) is 0 Å². The van der Waals surface area contributed by atoms with Crippen LogP contribution in [0.4, 0.5) is 0 Å². The Labute approximate surface area is 101 Å². The highest BCUT2D eigenvalue weighted by atomic mass is 15.2. The molecule has 1 saturated carbocycles. The fraction of sp³-hybridized carbons (Fsp3) is 1.00. The van der Waals surface area contributed by atoms with E-state index in [1.54, 1.807) is 0 Å². The molecule has 1 N–H and O–H groups in total. The van der Waals surface area contributed by atoms with E-state index in [2.05, 4.69) is 50.1 Å². The zero-order valence-corrected chi connectivity index (χ0v) is 11.7. The quantitative estimate of drug-likeness (QED) is 0.740. The first-order chi connectivity index (χ1) is 7.60. The Kier molecular flexibility index (Phi) is 5.73. The topological polar surface area (TPSA) is 18.5 Å². The second-order valence-electron chi connectivity index (χ2n) is 5.34. The third-order valence-electron chi connectivity index (χ3n) is 3.84. The minimum Gasteiger partial charge on any atom is -0.315 e. The zero-order chi connectivity index (χ0) is 12.1. The molecule has 0 spiro atoms. The predicted molar refractivity (Wildman–Crippen MR) is 70.9 cm³/mol. The molecule has 1 aliphatic carbocycles. The average Bonchev–Trinajstić information content (AvgIpc) is 2.66. The van der Waals surface area contributed by atoms with Gasteiger partial charge in [-0.1, -0.05) is 13.3 Å². The second-order valence-corrected chi connectivity index (χ2v) is 5.34. The lowest BCUT2D eigenvalue weighted by Gasteiger charge is -2.37. The number of hydrogen-bond acceptors (Lipinski definition) is 3. The third-order valence-corrected chi connectivity index (χ3v) is 3.84. The predicted octanol–water partition coefficient (Wildman–Crippen LogP) is 1.40. The summed E-state index contributed by atoms with van der Waals surface area (Å²) in [7, 11) is 6.43. The average molecular weight is 227 g/mol. The van der Waals surface area contributed by atoms with E-state index in [4.69, 9.17) is 0 Å². The molecule has 0 heterocycles. The van der Waals surface area contributed by atoms with Gasteiger partial charge in [-0.15, -0.1) is 0 Å². The molecule has 3 nitrogen and oxygen atoms in total. The van der Waals surface area contributed by atoms with Gasteiger partial charge >= 0.3 is 0 Å². The van der Waals surface area contributed by atoms with Crippen LogP contribution in [0.2, 0.25) is 0 Å². The summed E-state index contributed by atoms with van der Waals surface area (Å²) in [5.41, 5.74) is 0. The van der Waals surface area contributed by atoms with Crippen molar-refractivity contribution < 1.29 is 0 Å². The van der Waals surface area contributed by atoms with Crippen LogP contribution in [0.1, 0.15) is 33.1 Å². The maximum Gasteiger partial charge on any atom is 0.0252 e. The molecule has 16 heavy (non-hydrogen) atoms. The first-order valence-corrected chi connectivity index (χ1v) is 6.67. The lowest BCUT2D eigenvalue weighted by Crippen LogP contribution is -2.51. The first kappa shape index (κ1) is 13.9. The fourth-order valence-electron chi connectivity index (χ4n) is 3.18. The molecule has 0 aromatic rings. The van der Waals surface area contributed by atoms with Crippen LogP contribution in [-0.4, -0.2) is 62.2 Å². The van der Waals surface area contributed by atoms with Gasteiger partial charge in [-0.2, -0.15) is 0 Å². The van der Waals surface area contributed by atoms with Crippen molar-refractivity contribution in [3.63, 3.8) is 0 Å². The van der Waals surface area contributed by atoms with E-state index in [-0.39, 0.29) is 0 Å². The number of hydrogen-bond donors (Lipinski definition) is 1. The molecule has 0 aromatic heterocycles. The number of rotatable bonds is 6. The molecule has 96 valence electrons. The van der Waals surface area contributed by atoms with Gasteiger partial charge in [-0.05, 0) is 47.5 Å². The summed E-state index contributed by atoms with van der Waals surface area (Å²) >= 11 is 0. The van der Waals surface area contributed by atoms with Crippen molar-refractivity contribution in [3.8, 4) is 0 Å². The van der Waals surface area contributed by atoms with Crippen molar-refractivity contribution in [2.24, 2.45) is 0 Å². The van der Waals surface area contributed by atoms with Crippen LogP contribution in [0.3, 0.4) is 0 Å². The molecule has 3 heteroatoms. The van der Waals surface area contributed by atoms with E-state index in [1.807, 2.05) is 0 Å². The standard InChI is InChI=1S/C13H29N3/c1-6-16(11(2)10-15(4)5)13-9-7-8-12(13)14-3/h11-14H,6-10H2,1-5H3. The maximum absolute atomic E-state index is 3.48. The smallest absolute Gasteiger partial charge is 0.0252 e. The van der Waals surface area contributed by atoms with Crippen LogP contribution in [0.25, 0.3) is 0 Å². The zero-order valence-electron chi connectivity index (χ0n) is 11.7. The summed E-state index contributed by atoms with van der Waals surface area (Å²) < 4.78 is 0. The van der Waals surface area contributed by atoms with E-state index >= 15 is 0 Å². The first-order valence-electron chi connectivity index (χ1n) is 6.67. The lowest BCUT2D eigenvalue weighted by molar-refractivity contribution is 0.114. The van der Waals surface area contributed by atoms with E-state index in [0.717, 1.165) is 19.1 Å². The SMILES string of the molecule is CCN(C(C)CN(C)C)C1CCCC1NC. The highest BCUT2D eigenvalue weighted by molar-refractivity contribution is 4.91. The van der Waals surface area contributed by atoms with Gasteiger partial charge in [0.25, 0.3) is 0 Å². The Morgan fingerprint density at radius 3 is 2.50 bits per heavy atom. The molecule has 0 aromatic carbocycles. The van der Waals surface area contributed by atoms with E-state index in [0.29, 0.717) is 12.1 Å². The molecule has 0 amide bonds. The van der Waals surface area contributed by atoms with Crippen LogP contribution < -0.4 is 5.32 Å². The normalized spacial score (nSPS) is 27.9. The Hall–Kier alpha value is -0.120. The summed E-state index contributed by atoms with van der Waals surface area (Å²) in [6, 6.07) is 2.09. The van der Waals surface area contributed by atoms with Gasteiger partial charge in [0.1, 0.15) is 0 Å². The Bertz CT molecular complexity index is 194. The molecule has 3 atom stereocenters. The van der Waals surface area contributed by atoms with Gasteiger partial charge in [-0.3, -0.25) is 4.90 Å². The number of nitrogens with one attached hydrogen (secondary N) is 1. The third kappa shape index (κ3) is 3.44. The summed E-state index contributed by atoms with van der Waals surface area (Å²) in [5, 5.41) is 3.48. The molecular weight excluding hydrogens is 198 g/mol. The number of nitrogens with zero attached hydrogens (tertiary/aromatic N) is 2. The molecular formula is C13H29N3. The lowest BCUT2D eigenvalue weighted by atomic mass is 10.1. The monoisotopic (exact) mass is 227 g/mol. The van der Waals surface area contributed by atoms with Gasteiger partial charge < -0.3 is 10.2 Å². The summed E-state index contributed by atoms with van der Waals surface area (Å²) in [6.07, 6.45) is 4.07. The van der Waals surface area contributed by atoms with Gasteiger partial charge in [0, 0.05) is 24.7 Å². The van der Waals surface area contributed by atoms with Gasteiger partial charge in [0.05, 0.1) is 0 Å². The highest BCUT2D eigenvalue weighted by Gasteiger charge is 2.32. The Morgan fingerprint density at radius 2 is 2.00 bits per heavy atom. The Balaban J connectivity index is 2.58. The molecule has 0 bridgehead atoms. The summed E-state index contributed by atoms with van der Waals surface area (Å²) in [5.74, 6) is 0. The van der Waals surface area contributed by atoms with Gasteiger partial charge in [0.15, 0.2) is 0 Å². The van der Waals surface area contributed by atoms with Crippen LogP contribution >= 0.6 is 0 Å². The minimum absolute atomic E-state index is 0.652. The van der Waals surface area contributed by atoms with Crippen molar-refractivity contribution >= 4 is 0 Å². The number of likely N-dealkylation sites (N-methyl/N-ethyl adjacent to an activating group) is 3. The van der Waals surface area contributed by atoms with Crippen molar-refractivity contribution in [2.75, 3.05) is 34.2 Å². The largest absolute Gasteiger partial charge is 0.315 e. The molecule has 1 aliphatic rings. The van der Waals surface area contributed by atoms with E-state index < -0.39 is 0 Å². The van der Waals surface area contributed by atoms with Crippen molar-refractivity contribution in [1.29, 1.82) is 0 Å². The summed E-state index contributed by atoms with van der Waals surface area (Å²) in [6.45, 7) is 6.96. The van der Waals surface area contributed by atoms with Crippen molar-refractivity contribution in [2.45, 2.75) is 51.2 Å². The van der Waals surface area contributed by atoms with Crippen molar-refractivity contribution in [1.82, 2.24) is 15.1 Å². The minimum atomic E-state index is 0.652. The van der Waals surface area contributed by atoms with Crippen LogP contribution in [0.15, 0.2) is 0 Å². The molecule has 0 radical (unpaired) electrons. The molecule has 3 unspecified atom stereocenters. The molecule has 0 saturated heterocycles. The summed E-state index contributed by atoms with van der Waals surface area (Å²) in [4.78, 5) is 4.96. The van der Waals surface area contributed by atoms with Crippen LogP contribution in [-0.2, 0) is 0 Å².